The summed E-state index contributed by atoms with van der Waals surface area (Å²) in [6.07, 6.45) is -0.831. The number of carbonyl (C=O) groups is 2. The molecule has 4 aromatic rings. The molecule has 0 saturated carbocycles. The third kappa shape index (κ3) is 4.86. The molecule has 1 atom stereocenters. The van der Waals surface area contributed by atoms with Crippen molar-refractivity contribution < 1.29 is 23.1 Å². The van der Waals surface area contributed by atoms with Crippen LogP contribution in [-0.4, -0.2) is 17.8 Å². The molecule has 174 valence electrons. The fourth-order valence-corrected chi connectivity index (χ4v) is 3.58. The van der Waals surface area contributed by atoms with E-state index in [0.29, 0.717) is 16.7 Å². The fourth-order valence-electron chi connectivity index (χ4n) is 3.58. The van der Waals surface area contributed by atoms with Crippen molar-refractivity contribution in [3.63, 3.8) is 0 Å². The molecule has 0 aliphatic rings. The van der Waals surface area contributed by atoms with E-state index in [0.717, 1.165) is 5.56 Å². The number of carbonyl (C=O) groups excluding carboxylic acids is 2. The van der Waals surface area contributed by atoms with Crippen LogP contribution in [0.2, 0.25) is 0 Å². The molecule has 0 aliphatic carbocycles. The predicted molar refractivity (Wildman–Crippen MR) is 130 cm³/mol. The van der Waals surface area contributed by atoms with Crippen molar-refractivity contribution in [3.8, 4) is 5.75 Å². The topological polar surface area (TPSA) is 68.5 Å². The number of ketones is 1. The van der Waals surface area contributed by atoms with Gasteiger partial charge in [-0.05, 0) is 66.4 Å². The van der Waals surface area contributed by atoms with Crippen molar-refractivity contribution in [3.05, 3.63) is 95.5 Å². The number of benzene rings is 3. The summed E-state index contributed by atoms with van der Waals surface area (Å²) in [6, 6.07) is 19.8. The Hall–Kier alpha value is -3.93. The highest BCUT2D eigenvalue weighted by Gasteiger charge is 2.25. The molecular weight excluding hydrogens is 433 g/mol. The van der Waals surface area contributed by atoms with Crippen LogP contribution in [0.1, 0.15) is 49.4 Å². The number of amides is 1. The molecule has 0 fully saturated rings. The van der Waals surface area contributed by atoms with Gasteiger partial charge in [-0.3, -0.25) is 9.59 Å². The largest absolute Gasteiger partial charge is 0.481 e. The number of para-hydroxylation sites is 1. The van der Waals surface area contributed by atoms with Gasteiger partial charge in [0.25, 0.3) is 5.91 Å². The normalized spacial score (nSPS) is 12.4. The summed E-state index contributed by atoms with van der Waals surface area (Å²) in [5.74, 6) is -0.799. The smallest absolute Gasteiger partial charge is 0.265 e. The molecule has 0 bridgehead atoms. The zero-order valence-electron chi connectivity index (χ0n) is 19.5. The van der Waals surface area contributed by atoms with Crippen LogP contribution in [0.5, 0.6) is 5.75 Å². The number of hydrogen-bond acceptors (Lipinski definition) is 4. The van der Waals surface area contributed by atoms with Gasteiger partial charge in [0.1, 0.15) is 17.1 Å². The van der Waals surface area contributed by atoms with E-state index in [-0.39, 0.29) is 22.4 Å². The number of anilines is 1. The maximum Gasteiger partial charge on any atom is 0.265 e. The van der Waals surface area contributed by atoms with Crippen molar-refractivity contribution in [1.82, 2.24) is 0 Å². The Morgan fingerprint density at radius 3 is 2.24 bits per heavy atom. The van der Waals surface area contributed by atoms with Gasteiger partial charge in [0.2, 0.25) is 5.78 Å². The molecule has 4 rings (SSSR count). The first-order chi connectivity index (χ1) is 16.1. The van der Waals surface area contributed by atoms with Gasteiger partial charge < -0.3 is 14.5 Å². The Kier molecular flexibility index (Phi) is 6.24. The highest BCUT2D eigenvalue weighted by atomic mass is 19.1. The van der Waals surface area contributed by atoms with Crippen LogP contribution in [0, 0.1) is 5.82 Å². The number of nitrogens with one attached hydrogen (secondary N) is 1. The Balaban J connectivity index is 1.58. The van der Waals surface area contributed by atoms with Gasteiger partial charge in [0.05, 0.1) is 5.69 Å². The molecular formula is C28H26FNO4. The average molecular weight is 460 g/mol. The third-order valence-corrected chi connectivity index (χ3v) is 5.56. The lowest BCUT2D eigenvalue weighted by molar-refractivity contribution is -0.122. The van der Waals surface area contributed by atoms with Gasteiger partial charge in [-0.1, -0.05) is 45.0 Å². The summed E-state index contributed by atoms with van der Waals surface area (Å²) in [7, 11) is 0. The van der Waals surface area contributed by atoms with Crippen molar-refractivity contribution in [2.75, 3.05) is 5.32 Å². The van der Waals surface area contributed by atoms with Crippen molar-refractivity contribution in [2.45, 2.75) is 39.2 Å². The molecule has 1 amide bonds. The summed E-state index contributed by atoms with van der Waals surface area (Å²) in [5.41, 5.74) is 2.13. The predicted octanol–water partition coefficient (Wildman–Crippen LogP) is 6.51. The summed E-state index contributed by atoms with van der Waals surface area (Å²) < 4.78 is 24.9. The van der Waals surface area contributed by atoms with Crippen LogP contribution in [0.3, 0.4) is 0 Å². The summed E-state index contributed by atoms with van der Waals surface area (Å²) in [6.45, 7) is 8.01. The maximum absolute atomic E-state index is 13.3. The zero-order valence-corrected chi connectivity index (χ0v) is 19.5. The van der Waals surface area contributed by atoms with E-state index in [2.05, 4.69) is 26.1 Å². The summed E-state index contributed by atoms with van der Waals surface area (Å²) in [5, 5.41) is 3.38. The lowest BCUT2D eigenvalue weighted by atomic mass is 9.87. The minimum absolute atomic E-state index is 0.0112. The van der Waals surface area contributed by atoms with Crippen LogP contribution in [0.25, 0.3) is 11.0 Å². The molecule has 0 aliphatic heterocycles. The van der Waals surface area contributed by atoms with Gasteiger partial charge in [-0.2, -0.15) is 0 Å². The molecule has 0 saturated heterocycles. The van der Waals surface area contributed by atoms with Crippen LogP contribution >= 0.6 is 0 Å². The molecule has 1 aromatic heterocycles. The van der Waals surface area contributed by atoms with E-state index in [1.165, 1.54) is 24.3 Å². The summed E-state index contributed by atoms with van der Waals surface area (Å²) in [4.78, 5) is 26.1. The van der Waals surface area contributed by atoms with Gasteiger partial charge in [0, 0.05) is 10.9 Å². The van der Waals surface area contributed by atoms with Crippen molar-refractivity contribution >= 4 is 28.3 Å². The summed E-state index contributed by atoms with van der Waals surface area (Å²) >= 11 is 0. The van der Waals surface area contributed by atoms with E-state index in [9.17, 15) is 14.0 Å². The van der Waals surface area contributed by atoms with Crippen LogP contribution < -0.4 is 10.1 Å². The average Bonchev–Trinajstić information content (AvgIpc) is 3.17. The van der Waals surface area contributed by atoms with E-state index in [1.807, 2.05) is 24.3 Å². The molecule has 5 nitrogen and oxygen atoms in total. The second-order valence-corrected chi connectivity index (χ2v) is 9.16. The minimum atomic E-state index is -0.831. The quantitative estimate of drug-likeness (QED) is 0.334. The Bertz CT molecular complexity index is 1330. The van der Waals surface area contributed by atoms with E-state index in [4.69, 9.17) is 9.15 Å². The first-order valence-electron chi connectivity index (χ1n) is 11.0. The second kappa shape index (κ2) is 9.14. The number of hydrogen-bond donors (Lipinski definition) is 1. The van der Waals surface area contributed by atoms with Gasteiger partial charge in [0.15, 0.2) is 11.9 Å². The highest BCUT2D eigenvalue weighted by molar-refractivity contribution is 6.17. The molecule has 0 spiro atoms. The lowest BCUT2D eigenvalue weighted by Gasteiger charge is -2.20. The lowest BCUT2D eigenvalue weighted by Crippen LogP contribution is -2.30. The zero-order chi connectivity index (χ0) is 24.5. The molecule has 1 heterocycles. The number of ether oxygens (including phenoxy) is 1. The third-order valence-electron chi connectivity index (χ3n) is 5.56. The molecule has 1 N–H and O–H groups in total. The first-order valence-corrected chi connectivity index (χ1v) is 11.0. The minimum Gasteiger partial charge on any atom is -0.481 e. The van der Waals surface area contributed by atoms with Gasteiger partial charge in [-0.15, -0.1) is 0 Å². The SMILES string of the molecule is C[C@H](Oc1ccc(C(C)(C)C)cc1)C(=O)Nc1c(C(=O)c2ccc(F)cc2)oc2ccccc12. The number of halogens is 1. The molecule has 34 heavy (non-hydrogen) atoms. The van der Waals surface area contributed by atoms with Gasteiger partial charge in [-0.25, -0.2) is 4.39 Å². The van der Waals surface area contributed by atoms with Crippen LogP contribution in [0.4, 0.5) is 10.1 Å². The maximum atomic E-state index is 13.3. The van der Waals surface area contributed by atoms with Crippen molar-refractivity contribution in [2.24, 2.45) is 0 Å². The highest BCUT2D eigenvalue weighted by Crippen LogP contribution is 2.33. The Morgan fingerprint density at radius 1 is 0.941 bits per heavy atom. The van der Waals surface area contributed by atoms with Crippen molar-refractivity contribution in [1.29, 1.82) is 0 Å². The number of furan rings is 1. The van der Waals surface area contributed by atoms with Crippen LogP contribution in [0.15, 0.2) is 77.2 Å². The number of rotatable bonds is 6. The standard InChI is InChI=1S/C28H26FNO4/c1-17(33-21-15-11-19(12-16-21)28(2,3)4)27(32)30-24-22-7-5-6-8-23(22)34-26(24)25(31)18-9-13-20(29)14-10-18/h5-17H,1-4H3,(H,30,32)/t17-/m0/s1. The first kappa shape index (κ1) is 23.2. The van der Waals surface area contributed by atoms with E-state index in [1.54, 1.807) is 31.2 Å². The molecule has 6 heteroatoms. The second-order valence-electron chi connectivity index (χ2n) is 9.16. The fraction of sp³-hybridized carbons (Fsp3) is 0.214. The van der Waals surface area contributed by atoms with Crippen LogP contribution in [-0.2, 0) is 10.2 Å². The molecule has 0 radical (unpaired) electrons. The Labute approximate surface area is 197 Å². The van der Waals surface area contributed by atoms with Gasteiger partial charge >= 0.3 is 0 Å². The number of fused-ring (bicyclic) bond motifs is 1. The Morgan fingerprint density at radius 2 is 1.59 bits per heavy atom. The molecule has 0 unspecified atom stereocenters. The van der Waals surface area contributed by atoms with E-state index < -0.39 is 23.6 Å². The monoisotopic (exact) mass is 459 g/mol. The molecule has 3 aromatic carbocycles. The van der Waals surface area contributed by atoms with E-state index >= 15 is 0 Å².